The number of primary amides is 2. The number of methoxy groups -OCH3 is 1. The molecule has 21 atom stereocenters. The van der Waals surface area contributed by atoms with Crippen molar-refractivity contribution in [3.8, 4) is 0 Å². The molecule has 0 bridgehead atoms. The molecule has 0 aromatic rings. The van der Waals surface area contributed by atoms with E-state index in [1.807, 2.05) is 13.8 Å². The number of hydrogen-bond donors (Lipinski definition) is 19. The normalized spacial score (nSPS) is 24.5. The number of amides is 13. The number of nitrogens with two attached hydrogens (primary N) is 4. The summed E-state index contributed by atoms with van der Waals surface area (Å²) in [5.41, 5.74) is 22.9. The molecule has 0 aromatic heterocycles. The summed E-state index contributed by atoms with van der Waals surface area (Å²) < 4.78 is 11.7. The number of fused-ring (bicyclic) bond motifs is 1. The molecular formula is C71H123N15O24. The Bertz CT molecular complexity index is 3160. The summed E-state index contributed by atoms with van der Waals surface area (Å²) in [6.07, 6.45) is -13.6. The highest BCUT2D eigenvalue weighted by atomic mass is 16.5. The van der Waals surface area contributed by atoms with E-state index in [0.717, 1.165) is 24.0 Å². The van der Waals surface area contributed by atoms with Crippen LogP contribution in [0.25, 0.3) is 0 Å². The lowest BCUT2D eigenvalue weighted by Crippen LogP contribution is -2.65. The molecular weight excluding hydrogens is 1450 g/mol. The van der Waals surface area contributed by atoms with Gasteiger partial charge in [-0.15, -0.1) is 0 Å². The van der Waals surface area contributed by atoms with Gasteiger partial charge < -0.3 is 121 Å². The molecule has 2 fully saturated rings. The predicted octanol–water partition coefficient (Wildman–Crippen LogP) is -5.30. The van der Waals surface area contributed by atoms with Crippen molar-refractivity contribution < 1.29 is 117 Å². The molecule has 13 amide bonds. The number of likely N-dealkylation sites (N-methyl/N-ethyl adjacent to an activating group) is 1. The highest BCUT2D eigenvalue weighted by molar-refractivity contribution is 6.00. The van der Waals surface area contributed by atoms with Crippen LogP contribution in [0.5, 0.6) is 0 Å². The van der Waals surface area contributed by atoms with Gasteiger partial charge in [0.25, 0.3) is 5.91 Å². The van der Waals surface area contributed by atoms with E-state index in [2.05, 4.69) is 47.9 Å². The molecule has 0 aliphatic carbocycles. The van der Waals surface area contributed by atoms with E-state index >= 15 is 19.2 Å². The van der Waals surface area contributed by atoms with Crippen LogP contribution in [0.3, 0.4) is 0 Å². The first-order valence-electron chi connectivity index (χ1n) is 37.4. The zero-order valence-corrected chi connectivity index (χ0v) is 65.6. The first-order chi connectivity index (χ1) is 51.3. The Morgan fingerprint density at radius 2 is 1.20 bits per heavy atom. The van der Waals surface area contributed by atoms with Crippen molar-refractivity contribution in [2.24, 2.45) is 70.3 Å². The molecule has 0 spiro atoms. The highest BCUT2D eigenvalue weighted by Crippen LogP contribution is 2.28. The van der Waals surface area contributed by atoms with Crippen LogP contribution in [0.15, 0.2) is 0 Å². The van der Waals surface area contributed by atoms with Crippen molar-refractivity contribution in [2.45, 2.75) is 264 Å². The van der Waals surface area contributed by atoms with Gasteiger partial charge in [-0.1, -0.05) is 76.2 Å². The van der Waals surface area contributed by atoms with Crippen molar-refractivity contribution in [1.29, 1.82) is 0 Å². The van der Waals surface area contributed by atoms with Crippen LogP contribution in [0.2, 0.25) is 0 Å². The van der Waals surface area contributed by atoms with Crippen LogP contribution >= 0.6 is 0 Å². The predicted molar refractivity (Wildman–Crippen MR) is 393 cm³/mol. The molecule has 39 nitrogen and oxygen atoms in total. The number of nitrogens with zero attached hydrogens (tertiary/aromatic N) is 2. The maximum absolute atomic E-state index is 15.5. The van der Waals surface area contributed by atoms with E-state index in [9.17, 15) is 88.2 Å². The summed E-state index contributed by atoms with van der Waals surface area (Å²) in [4.78, 5) is 229. The van der Waals surface area contributed by atoms with E-state index in [1.165, 1.54) is 34.6 Å². The molecule has 2 saturated heterocycles. The van der Waals surface area contributed by atoms with Crippen LogP contribution in [-0.2, 0) is 86.2 Å². The molecule has 0 unspecified atom stereocenters. The van der Waals surface area contributed by atoms with E-state index in [4.69, 9.17) is 32.4 Å². The largest absolute Gasteiger partial charge is 0.481 e. The fourth-order valence-electron chi connectivity index (χ4n) is 12.5. The number of hydrogen-bond acceptors (Lipinski definition) is 24. The Morgan fingerprint density at radius 3 is 1.74 bits per heavy atom. The summed E-state index contributed by atoms with van der Waals surface area (Å²) >= 11 is 0. The zero-order valence-electron chi connectivity index (χ0n) is 65.6. The average molecular weight is 1570 g/mol. The first-order valence-corrected chi connectivity index (χ1v) is 37.4. The number of carboxylic acids is 2. The minimum atomic E-state index is -2.73. The lowest BCUT2D eigenvalue weighted by atomic mass is 9.85. The van der Waals surface area contributed by atoms with E-state index in [0.29, 0.717) is 0 Å². The van der Waals surface area contributed by atoms with Gasteiger partial charge >= 0.3 is 17.9 Å². The number of aliphatic hydroxyl groups is 4. The van der Waals surface area contributed by atoms with Crippen LogP contribution in [0.1, 0.15) is 167 Å². The molecule has 2 rings (SSSR count). The fraction of sp³-hybridized carbons (Fsp3) is 0.775. The van der Waals surface area contributed by atoms with Gasteiger partial charge in [-0.3, -0.25) is 71.9 Å². The number of esters is 1. The number of piperidine rings is 1. The number of carbonyl (C=O) groups is 16. The van der Waals surface area contributed by atoms with Crippen LogP contribution in [0.4, 0.5) is 0 Å². The maximum atomic E-state index is 15.5. The van der Waals surface area contributed by atoms with Gasteiger partial charge in [0.1, 0.15) is 72.6 Å². The summed E-state index contributed by atoms with van der Waals surface area (Å²) in [6.45, 7) is 16.9. The third-order valence-electron chi connectivity index (χ3n) is 20.6. The molecule has 0 radical (unpaired) electrons. The number of nitrogens with one attached hydrogen (secondary N) is 9. The first kappa shape index (κ1) is 97.3. The average Bonchev–Trinajstić information content (AvgIpc) is 0.845. The van der Waals surface area contributed by atoms with E-state index < -0.39 is 266 Å². The van der Waals surface area contributed by atoms with Crippen LogP contribution in [0, 0.1) is 47.3 Å². The quantitative estimate of drug-likeness (QED) is 0.0258. The smallest absolute Gasteiger partial charge is 0.329 e. The topological polar surface area (TPSA) is 632 Å². The Balaban J connectivity index is 3.14. The van der Waals surface area contributed by atoms with Gasteiger partial charge in [0, 0.05) is 39.5 Å². The summed E-state index contributed by atoms with van der Waals surface area (Å²) in [7, 11) is 2.30. The van der Waals surface area contributed by atoms with E-state index in [-0.39, 0.29) is 82.8 Å². The molecule has 2 heterocycles. The lowest BCUT2D eigenvalue weighted by Gasteiger charge is -2.39. The van der Waals surface area contributed by atoms with E-state index in [1.54, 1.807) is 34.6 Å². The molecule has 626 valence electrons. The van der Waals surface area contributed by atoms with Gasteiger partial charge in [-0.2, -0.15) is 0 Å². The van der Waals surface area contributed by atoms with Crippen molar-refractivity contribution in [2.75, 3.05) is 40.4 Å². The molecule has 23 N–H and O–H groups in total. The van der Waals surface area contributed by atoms with Gasteiger partial charge in [0.15, 0.2) is 6.10 Å². The number of cyclic esters (lactones) is 1. The van der Waals surface area contributed by atoms with Crippen molar-refractivity contribution in [3.63, 3.8) is 0 Å². The number of ether oxygens (including phenoxy) is 2. The van der Waals surface area contributed by atoms with Gasteiger partial charge in [-0.25, -0.2) is 4.79 Å². The second-order valence-electron chi connectivity index (χ2n) is 29.9. The minimum absolute atomic E-state index is 0.0123. The third-order valence-corrected chi connectivity index (χ3v) is 20.6. The molecule has 39 heteroatoms. The fourth-order valence-corrected chi connectivity index (χ4v) is 12.5. The Labute approximate surface area is 641 Å². The number of rotatable bonds is 37. The number of carbonyl (C=O) groups excluding carboxylic acids is 14. The SMILES string of the molecule is CO[C@H](C)[C@@H]1NC(=O)[C@H](CCC(N)=O)N(C)C(=O)[C@H](CC(C)C)NC(=O)[C@@H](CCCN)NC(=O)[C@@H](CO)NC(=O)[C@H](NC(=O)[C@@H](NC(=O)[C@H](O)[C@H](O)[C@H](CCC(=O)O)NC(=O)[C@@H](CCCN)NC(=O)[C@H](C)[C@H](O)[C@H](C)C(C)C)[C@@H](C)[C@@H](C)C(N)=O)[C@@H]([C@H](C)C(C)C)OC(=O)[C@@H]2CCCCN2C(=O)[C@@H](CC(=O)O)NC1=O. The second kappa shape index (κ2) is 46.8. The van der Waals surface area contributed by atoms with Gasteiger partial charge in [0.2, 0.25) is 70.9 Å². The number of aliphatic carboxylic acids is 2. The Kier molecular flexibility index (Phi) is 41.4. The number of carboxylic acid groups (broad SMARTS) is 2. The number of aliphatic hydroxyl groups excluding tert-OH is 4. The molecule has 2 aliphatic rings. The molecule has 0 saturated carbocycles. The second-order valence-corrected chi connectivity index (χ2v) is 29.9. The van der Waals surface area contributed by atoms with Crippen molar-refractivity contribution >= 4 is 94.7 Å². The standard InChI is InChI=1S/C71H123N15O24/c1-32(2)29-44-69(106)85(13)47(23-24-49(74)88)64(101)83-53(40(12)109-14)66(103)80-45(30-51(91)92)70(107)86-28-16-15-21-48(86)71(108)110-58(36(8)34(5)6)54(67(104)81-46(31-87)63(100)78-43(20-18-27-73)62(99)79-44)84-65(102)52(37(9)38(10)59(75)96)82-68(105)57(95)56(94)41(22-25-50(89)90)76-61(98)42(19-17-26-72)77-60(97)39(11)55(93)35(7)33(3)4/h32-48,52-58,87,93-95H,15-31,72-73H2,1-14H3,(H2,74,88)(H2,75,96)(H,76,98)(H,77,97)(H,78,100)(H,79,99)(H,80,103)(H,81,104)(H,82,105)(H,83,101)(H,84,102)(H,89,90)(H,91,92)/t35-,36-,37+,38-,39-,40-,41+,42-,43-,44+,45-,46-,47+,48+,52+,53+,54-,55-,56-,57-,58-/m1/s1. The maximum Gasteiger partial charge on any atom is 0.329 e. The summed E-state index contributed by atoms with van der Waals surface area (Å²) in [6, 6.07) is -20.3. The summed E-state index contributed by atoms with van der Waals surface area (Å²) in [5.74, 6) is -26.3. The zero-order chi connectivity index (χ0) is 84.0. The monoisotopic (exact) mass is 1570 g/mol. The van der Waals surface area contributed by atoms with Crippen LogP contribution < -0.4 is 70.8 Å². The van der Waals surface area contributed by atoms with Gasteiger partial charge in [0.05, 0.1) is 37.2 Å². The highest BCUT2D eigenvalue weighted by Gasteiger charge is 2.48. The van der Waals surface area contributed by atoms with Crippen molar-refractivity contribution in [1.82, 2.24) is 57.7 Å². The Morgan fingerprint density at radius 1 is 0.609 bits per heavy atom. The minimum Gasteiger partial charge on any atom is -0.481 e. The lowest BCUT2D eigenvalue weighted by molar-refractivity contribution is -0.168. The molecule has 2 aliphatic heterocycles. The van der Waals surface area contributed by atoms with Gasteiger partial charge in [-0.05, 0) is 120 Å². The molecule has 0 aromatic carbocycles. The summed E-state index contributed by atoms with van der Waals surface area (Å²) in [5, 5.41) is 87.4. The molecule has 110 heavy (non-hydrogen) atoms. The Hall–Kier alpha value is -8.76. The van der Waals surface area contributed by atoms with Crippen molar-refractivity contribution in [3.05, 3.63) is 0 Å². The van der Waals surface area contributed by atoms with Crippen LogP contribution in [-0.4, -0.2) is 273 Å². The third kappa shape index (κ3) is 29.5.